The van der Waals surface area contributed by atoms with E-state index in [0.717, 1.165) is 53.9 Å². The molecule has 2 aromatic rings. The fourth-order valence-electron chi connectivity index (χ4n) is 4.73. The third-order valence-electron chi connectivity index (χ3n) is 6.96. The quantitative estimate of drug-likeness (QED) is 0.120. The predicted molar refractivity (Wildman–Crippen MR) is 180 cm³/mol. The van der Waals surface area contributed by atoms with Crippen molar-refractivity contribution in [3.8, 4) is 0 Å². The highest BCUT2D eigenvalue weighted by Gasteiger charge is 2.22. The second-order valence-corrected chi connectivity index (χ2v) is 15.1. The minimum atomic E-state index is -3.64. The maximum absolute atomic E-state index is 13.3. The maximum atomic E-state index is 13.3. The summed E-state index contributed by atoms with van der Waals surface area (Å²) in [6.45, 7) is 4.72. The van der Waals surface area contributed by atoms with Crippen molar-refractivity contribution in [2.75, 3.05) is 42.8 Å². The summed E-state index contributed by atoms with van der Waals surface area (Å²) in [6.07, 6.45) is 6.35. The van der Waals surface area contributed by atoms with Crippen LogP contribution in [0.3, 0.4) is 0 Å². The first-order valence-corrected chi connectivity index (χ1v) is 19.5. The number of nitrogens with one attached hydrogen (secondary N) is 2. The molecular formula is C32H43N3O6PS2-. The van der Waals surface area contributed by atoms with E-state index in [0.29, 0.717) is 43.9 Å². The topological polar surface area (TPSA) is 128 Å². The van der Waals surface area contributed by atoms with Crippen molar-refractivity contribution in [1.82, 2.24) is 10.6 Å². The van der Waals surface area contributed by atoms with Gasteiger partial charge in [-0.15, -0.1) is 0 Å². The van der Waals surface area contributed by atoms with Crippen molar-refractivity contribution >= 4 is 64.2 Å². The van der Waals surface area contributed by atoms with E-state index in [-0.39, 0.29) is 37.3 Å². The molecule has 1 aliphatic rings. The van der Waals surface area contributed by atoms with Gasteiger partial charge in [0.1, 0.15) is 7.60 Å². The lowest BCUT2D eigenvalue weighted by molar-refractivity contribution is -0.196. The van der Waals surface area contributed by atoms with Gasteiger partial charge in [0.15, 0.2) is 0 Å². The monoisotopic (exact) mass is 660 g/mol. The zero-order chi connectivity index (χ0) is 31.8. The van der Waals surface area contributed by atoms with Crippen LogP contribution >= 0.6 is 29.2 Å². The molecule has 12 heteroatoms. The Hall–Kier alpha value is -2.56. The van der Waals surface area contributed by atoms with Gasteiger partial charge in [-0.2, -0.15) is 0 Å². The van der Waals surface area contributed by atoms with Gasteiger partial charge in [-0.25, -0.2) is 0 Å². The van der Waals surface area contributed by atoms with Crippen LogP contribution in [0.2, 0.25) is 0 Å². The number of para-hydroxylation sites is 1. The minimum absolute atomic E-state index is 0.000537. The van der Waals surface area contributed by atoms with Gasteiger partial charge < -0.3 is 29.5 Å². The van der Waals surface area contributed by atoms with Crippen LogP contribution in [-0.2, 0) is 30.0 Å². The molecule has 0 spiro atoms. The zero-order valence-corrected chi connectivity index (χ0v) is 28.1. The van der Waals surface area contributed by atoms with Crippen LogP contribution in [0.1, 0.15) is 68.6 Å². The molecule has 1 aliphatic heterocycles. The number of carbonyl (C=O) groups is 3. The van der Waals surface area contributed by atoms with E-state index in [4.69, 9.17) is 4.52 Å². The molecule has 2 N–H and O–H groups in total. The lowest BCUT2D eigenvalue weighted by atomic mass is 9.95. The van der Waals surface area contributed by atoms with Crippen molar-refractivity contribution in [1.29, 1.82) is 0 Å². The fraction of sp³-hybridized carbons (Fsp3) is 0.469. The summed E-state index contributed by atoms with van der Waals surface area (Å²) < 4.78 is 15.6. The van der Waals surface area contributed by atoms with Gasteiger partial charge in [0.25, 0.3) is 0 Å². The predicted octanol–water partition coefficient (Wildman–Crippen LogP) is 5.64. The van der Waals surface area contributed by atoms with Crippen molar-refractivity contribution in [2.45, 2.75) is 58.4 Å². The van der Waals surface area contributed by atoms with E-state index in [1.54, 1.807) is 21.6 Å². The molecule has 0 saturated carbocycles. The van der Waals surface area contributed by atoms with Crippen LogP contribution in [0.25, 0.3) is 11.6 Å². The van der Waals surface area contributed by atoms with E-state index in [1.165, 1.54) is 0 Å². The average Bonchev–Trinajstić information content (AvgIpc) is 2.98. The van der Waals surface area contributed by atoms with Crippen LogP contribution in [0.15, 0.2) is 48.5 Å². The number of allylic oxidation sites excluding steroid dienone is 1. The van der Waals surface area contributed by atoms with Crippen LogP contribution in [-0.4, -0.2) is 55.6 Å². The summed E-state index contributed by atoms with van der Waals surface area (Å²) in [7, 11) is -0.516. The zero-order valence-electron chi connectivity index (χ0n) is 25.5. The number of carbonyl (C=O) groups excluding carboxylic acids is 3. The summed E-state index contributed by atoms with van der Waals surface area (Å²) in [6, 6.07) is 16.0. The Balaban J connectivity index is 1.26. The highest BCUT2D eigenvalue weighted by Crippen LogP contribution is 2.33. The molecular weight excluding hydrogens is 617 g/mol. The summed E-state index contributed by atoms with van der Waals surface area (Å²) in [5.41, 5.74) is 5.25. The van der Waals surface area contributed by atoms with Crippen molar-refractivity contribution in [3.63, 3.8) is 0 Å². The van der Waals surface area contributed by atoms with Gasteiger partial charge >= 0.3 is 0 Å². The van der Waals surface area contributed by atoms with Crippen LogP contribution in [0.5, 0.6) is 0 Å². The van der Waals surface area contributed by atoms with Gasteiger partial charge in [-0.05, 0) is 54.2 Å². The molecule has 0 aliphatic carbocycles. The Bertz CT molecular complexity index is 1330. The van der Waals surface area contributed by atoms with Crippen LogP contribution in [0.4, 0.5) is 5.69 Å². The first-order valence-electron chi connectivity index (χ1n) is 15.0. The fourth-order valence-corrected chi connectivity index (χ4v) is 7.17. The van der Waals surface area contributed by atoms with Crippen LogP contribution < -0.4 is 20.4 Å². The summed E-state index contributed by atoms with van der Waals surface area (Å²) in [5.74, 6) is 1.15. The third-order valence-corrected chi connectivity index (χ3v) is 10.0. The summed E-state index contributed by atoms with van der Waals surface area (Å²) in [4.78, 5) is 50.4. The van der Waals surface area contributed by atoms with E-state index in [1.807, 2.05) is 41.3 Å². The molecule has 0 aromatic heterocycles. The van der Waals surface area contributed by atoms with E-state index < -0.39 is 7.60 Å². The SMILES string of the molecule is C/C1=C/c2ccccc2N(C(=O)CCNC(=O)CCSSCCC(=O)NCCCCCCOP(C)(=O)[O-])Cc2ccccc21. The molecule has 44 heavy (non-hydrogen) atoms. The smallest absolute Gasteiger partial charge is 0.229 e. The van der Waals surface area contributed by atoms with Gasteiger partial charge in [0.2, 0.25) is 17.7 Å². The molecule has 3 amide bonds. The number of hydrogen-bond acceptors (Lipinski definition) is 8. The summed E-state index contributed by atoms with van der Waals surface area (Å²) in [5, 5.41) is 5.77. The highest BCUT2D eigenvalue weighted by atomic mass is 33.1. The second kappa shape index (κ2) is 19.1. The van der Waals surface area contributed by atoms with Gasteiger partial charge in [-0.1, -0.05) is 76.9 Å². The number of fused-ring (bicyclic) bond motifs is 2. The normalized spacial score (nSPS) is 15.1. The lowest BCUT2D eigenvalue weighted by Crippen LogP contribution is -2.35. The first kappa shape index (κ1) is 35.9. The van der Waals surface area contributed by atoms with E-state index in [9.17, 15) is 23.8 Å². The number of unbranched alkanes of at least 4 members (excludes halogenated alkanes) is 3. The van der Waals surface area contributed by atoms with Crippen molar-refractivity contribution < 1.29 is 28.4 Å². The Kier molecular flexibility index (Phi) is 15.6. The molecule has 9 nitrogen and oxygen atoms in total. The van der Waals surface area contributed by atoms with Gasteiger partial charge in [0, 0.05) is 50.5 Å². The molecule has 2 aromatic carbocycles. The van der Waals surface area contributed by atoms with E-state index in [2.05, 4.69) is 35.8 Å². The molecule has 1 unspecified atom stereocenters. The number of hydrogen-bond donors (Lipinski definition) is 2. The van der Waals surface area contributed by atoms with Crippen LogP contribution in [0, 0.1) is 0 Å². The Morgan fingerprint density at radius 2 is 1.52 bits per heavy atom. The number of amides is 3. The first-order chi connectivity index (χ1) is 21.1. The molecule has 0 saturated heterocycles. The molecule has 1 heterocycles. The molecule has 0 bridgehead atoms. The maximum Gasteiger partial charge on any atom is 0.229 e. The average molecular weight is 661 g/mol. The minimum Gasteiger partial charge on any atom is -0.779 e. The Morgan fingerprint density at radius 3 is 2.25 bits per heavy atom. The van der Waals surface area contributed by atoms with Gasteiger partial charge in [-0.3, -0.25) is 14.4 Å². The standard InChI is InChI=1S/C32H44N3O6PS2/c1-25-23-26-11-6-8-14-29(26)35(24-27-12-5-7-13-28(25)27)32(38)15-19-34-31(37)17-22-44-43-21-16-30(36)33-18-9-3-4-10-20-41-42(2,39)40/h5-8,11-14,23H,3-4,9-10,15-22,24H2,1-2H3,(H,33,36)(H,34,37)(H,39,40)/p-1/b25-23-. The summed E-state index contributed by atoms with van der Waals surface area (Å²) >= 11 is 0. The Morgan fingerprint density at radius 1 is 0.886 bits per heavy atom. The largest absolute Gasteiger partial charge is 0.779 e. The number of benzene rings is 2. The lowest BCUT2D eigenvalue weighted by Gasteiger charge is -2.28. The molecule has 0 radical (unpaired) electrons. The molecule has 1 atom stereocenters. The number of nitrogens with zero attached hydrogens (tertiary/aromatic N) is 1. The third kappa shape index (κ3) is 13.2. The molecule has 0 fully saturated rings. The number of anilines is 1. The van der Waals surface area contributed by atoms with Crippen molar-refractivity contribution in [3.05, 3.63) is 65.2 Å². The number of rotatable bonds is 18. The molecule has 240 valence electrons. The van der Waals surface area contributed by atoms with E-state index >= 15 is 0 Å². The van der Waals surface area contributed by atoms with Crippen molar-refractivity contribution in [2.24, 2.45) is 0 Å². The van der Waals surface area contributed by atoms with Gasteiger partial charge in [0.05, 0.1) is 18.8 Å². The Labute approximate surface area is 268 Å². The highest BCUT2D eigenvalue weighted by molar-refractivity contribution is 8.76. The second-order valence-electron chi connectivity index (χ2n) is 10.6. The molecule has 3 rings (SSSR count).